The molecule has 1 aliphatic rings. The van der Waals surface area contributed by atoms with E-state index in [1.165, 1.54) is 12.1 Å². The average Bonchev–Trinajstić information content (AvgIpc) is 2.95. The second kappa shape index (κ2) is 4.57. The van der Waals surface area contributed by atoms with Crippen molar-refractivity contribution in [2.45, 2.75) is 12.8 Å². The molecule has 0 atom stereocenters. The molecule has 94 valence electrons. The largest absolute Gasteiger partial charge is 0.408 e. The highest BCUT2D eigenvalue weighted by molar-refractivity contribution is 6.17. The van der Waals surface area contributed by atoms with Crippen LogP contribution < -0.4 is 4.90 Å². The monoisotopic (exact) mass is 267 g/mol. The van der Waals surface area contributed by atoms with Crippen LogP contribution in [0.5, 0.6) is 0 Å². The van der Waals surface area contributed by atoms with Crippen molar-refractivity contribution in [2.75, 3.05) is 17.3 Å². The fraction of sp³-hybridized carbons (Fsp3) is 0.333. The molecule has 0 radical (unpaired) electrons. The van der Waals surface area contributed by atoms with Crippen molar-refractivity contribution < 1.29 is 8.81 Å². The highest BCUT2D eigenvalue weighted by Crippen LogP contribution is 2.34. The van der Waals surface area contributed by atoms with Gasteiger partial charge in [-0.2, -0.15) is 0 Å². The molecule has 4 nitrogen and oxygen atoms in total. The van der Waals surface area contributed by atoms with Crippen molar-refractivity contribution in [1.29, 1.82) is 0 Å². The smallest absolute Gasteiger partial charge is 0.322 e. The minimum absolute atomic E-state index is 0.263. The maximum absolute atomic E-state index is 13.3. The third-order valence-corrected chi connectivity index (χ3v) is 3.13. The van der Waals surface area contributed by atoms with Crippen molar-refractivity contribution in [3.05, 3.63) is 35.5 Å². The highest BCUT2D eigenvalue weighted by atomic mass is 35.5. The zero-order chi connectivity index (χ0) is 12.5. The number of alkyl halides is 1. The molecule has 0 saturated carbocycles. The molecule has 1 aromatic carbocycles. The van der Waals surface area contributed by atoms with E-state index in [1.54, 1.807) is 6.07 Å². The van der Waals surface area contributed by atoms with Gasteiger partial charge in [0.2, 0.25) is 5.89 Å². The molecule has 1 aromatic heterocycles. The Bertz CT molecular complexity index is 572. The summed E-state index contributed by atoms with van der Waals surface area (Å²) < 4.78 is 18.8. The Kier molecular flexibility index (Phi) is 2.91. The summed E-state index contributed by atoms with van der Waals surface area (Å²) in [5.41, 5.74) is 1.89. The Morgan fingerprint density at radius 2 is 2.28 bits per heavy atom. The first-order valence-corrected chi connectivity index (χ1v) is 6.25. The summed E-state index contributed by atoms with van der Waals surface area (Å²) in [7, 11) is 0. The van der Waals surface area contributed by atoms with E-state index in [0.29, 0.717) is 24.2 Å². The Hall–Kier alpha value is -1.62. The van der Waals surface area contributed by atoms with Gasteiger partial charge in [-0.1, -0.05) is 11.2 Å². The molecule has 18 heavy (non-hydrogen) atoms. The van der Waals surface area contributed by atoms with Gasteiger partial charge < -0.3 is 4.42 Å². The predicted molar refractivity (Wildman–Crippen MR) is 65.8 cm³/mol. The summed E-state index contributed by atoms with van der Waals surface area (Å²) in [5.74, 6) is 0.679. The van der Waals surface area contributed by atoms with Gasteiger partial charge in [0.25, 0.3) is 0 Å². The van der Waals surface area contributed by atoms with Crippen LogP contribution in [0.4, 0.5) is 16.1 Å². The number of aromatic nitrogens is 2. The second-order valence-corrected chi connectivity index (χ2v) is 4.47. The third-order valence-electron chi connectivity index (χ3n) is 2.94. The molecular weight excluding hydrogens is 257 g/mol. The summed E-state index contributed by atoms with van der Waals surface area (Å²) in [6.45, 7) is 0.724. The van der Waals surface area contributed by atoms with Gasteiger partial charge in [0.05, 0.1) is 5.69 Å². The van der Waals surface area contributed by atoms with Gasteiger partial charge in [-0.3, -0.25) is 4.90 Å². The lowest BCUT2D eigenvalue weighted by molar-refractivity contribution is 0.502. The Labute approximate surface area is 108 Å². The predicted octanol–water partition coefficient (Wildman–Crippen LogP) is 2.68. The van der Waals surface area contributed by atoms with E-state index in [2.05, 4.69) is 10.2 Å². The second-order valence-electron chi connectivity index (χ2n) is 4.09. The van der Waals surface area contributed by atoms with E-state index in [9.17, 15) is 4.39 Å². The molecule has 0 unspecified atom stereocenters. The van der Waals surface area contributed by atoms with E-state index in [1.807, 2.05) is 4.90 Å². The van der Waals surface area contributed by atoms with Crippen molar-refractivity contribution in [1.82, 2.24) is 10.2 Å². The number of fused-ring (bicyclic) bond motifs is 1. The highest BCUT2D eigenvalue weighted by Gasteiger charge is 2.25. The van der Waals surface area contributed by atoms with Crippen LogP contribution in [0.1, 0.15) is 11.5 Å². The number of hydrogen-bond acceptors (Lipinski definition) is 4. The summed E-state index contributed by atoms with van der Waals surface area (Å²) in [5, 5.41) is 7.88. The number of aryl methyl sites for hydroxylation is 1. The van der Waals surface area contributed by atoms with Crippen molar-refractivity contribution in [3.8, 4) is 0 Å². The number of nitrogens with zero attached hydrogens (tertiary/aromatic N) is 3. The summed E-state index contributed by atoms with van der Waals surface area (Å²) in [4.78, 5) is 1.84. The standard InChI is InChI=1S/C12H11ClFN3O/c13-5-3-11-15-16-12(18-11)17-6-4-8-1-2-9(14)7-10(8)17/h1-2,7H,3-6H2. The third kappa shape index (κ3) is 1.95. The minimum atomic E-state index is -0.263. The molecule has 6 heteroatoms. The first-order valence-electron chi connectivity index (χ1n) is 5.72. The van der Waals surface area contributed by atoms with Crippen LogP contribution >= 0.6 is 11.6 Å². The van der Waals surface area contributed by atoms with Gasteiger partial charge >= 0.3 is 6.01 Å². The molecule has 1 aliphatic heterocycles. The number of hydrogen-bond donors (Lipinski definition) is 0. The molecule has 0 aliphatic carbocycles. The van der Waals surface area contributed by atoms with E-state index in [-0.39, 0.29) is 5.82 Å². The fourth-order valence-electron chi connectivity index (χ4n) is 2.09. The van der Waals surface area contributed by atoms with Crippen molar-refractivity contribution >= 4 is 23.3 Å². The van der Waals surface area contributed by atoms with Crippen LogP contribution in [0.3, 0.4) is 0 Å². The molecule has 2 heterocycles. The molecule has 0 bridgehead atoms. The first-order chi connectivity index (χ1) is 8.78. The quantitative estimate of drug-likeness (QED) is 0.802. The van der Waals surface area contributed by atoms with E-state index < -0.39 is 0 Å². The summed E-state index contributed by atoms with van der Waals surface area (Å²) >= 11 is 5.62. The van der Waals surface area contributed by atoms with Crippen LogP contribution in [-0.2, 0) is 12.8 Å². The summed E-state index contributed by atoms with van der Waals surface area (Å²) in [6.07, 6.45) is 1.39. The molecule has 0 N–H and O–H groups in total. The normalized spacial score (nSPS) is 14.0. The molecular formula is C12H11ClFN3O. The van der Waals surface area contributed by atoms with Crippen LogP contribution in [0.25, 0.3) is 0 Å². The lowest BCUT2D eigenvalue weighted by atomic mass is 10.2. The lowest BCUT2D eigenvalue weighted by Crippen LogP contribution is -2.13. The molecule has 2 aromatic rings. The van der Waals surface area contributed by atoms with E-state index >= 15 is 0 Å². The zero-order valence-corrected chi connectivity index (χ0v) is 10.3. The lowest BCUT2D eigenvalue weighted by Gasteiger charge is -2.13. The van der Waals surface area contributed by atoms with Gasteiger partial charge in [0.1, 0.15) is 5.82 Å². The maximum Gasteiger partial charge on any atom is 0.322 e. The zero-order valence-electron chi connectivity index (χ0n) is 9.57. The number of benzene rings is 1. The van der Waals surface area contributed by atoms with Crippen LogP contribution in [0, 0.1) is 5.82 Å². The molecule has 0 saturated heterocycles. The Balaban J connectivity index is 1.92. The van der Waals surface area contributed by atoms with Crippen molar-refractivity contribution in [3.63, 3.8) is 0 Å². The Morgan fingerprint density at radius 1 is 1.39 bits per heavy atom. The minimum Gasteiger partial charge on any atom is -0.408 e. The van der Waals surface area contributed by atoms with Crippen LogP contribution in [0.2, 0.25) is 0 Å². The van der Waals surface area contributed by atoms with Gasteiger partial charge in [-0.05, 0) is 24.1 Å². The summed E-state index contributed by atoms with van der Waals surface area (Å²) in [6, 6.07) is 5.16. The van der Waals surface area contributed by atoms with E-state index in [4.69, 9.17) is 16.0 Å². The average molecular weight is 268 g/mol. The molecule has 0 spiro atoms. The van der Waals surface area contributed by atoms with E-state index in [0.717, 1.165) is 24.2 Å². The molecule has 0 fully saturated rings. The number of halogens is 2. The van der Waals surface area contributed by atoms with Crippen molar-refractivity contribution in [2.24, 2.45) is 0 Å². The van der Waals surface area contributed by atoms with Gasteiger partial charge in [0, 0.05) is 18.8 Å². The van der Waals surface area contributed by atoms with Gasteiger partial charge in [0.15, 0.2) is 0 Å². The topological polar surface area (TPSA) is 42.2 Å². The van der Waals surface area contributed by atoms with Crippen LogP contribution in [-0.4, -0.2) is 22.6 Å². The van der Waals surface area contributed by atoms with Gasteiger partial charge in [-0.25, -0.2) is 4.39 Å². The van der Waals surface area contributed by atoms with Gasteiger partial charge in [-0.15, -0.1) is 16.7 Å². The molecule has 3 rings (SSSR count). The maximum atomic E-state index is 13.3. The van der Waals surface area contributed by atoms with Crippen LogP contribution in [0.15, 0.2) is 22.6 Å². The SMILES string of the molecule is Fc1ccc2c(c1)N(c1nnc(CCCl)o1)CC2. The first kappa shape index (κ1) is 11.5. The number of anilines is 2. The Morgan fingerprint density at radius 3 is 3.11 bits per heavy atom. The number of rotatable bonds is 3. The molecule has 0 amide bonds. The fourth-order valence-corrected chi connectivity index (χ4v) is 2.25.